The molecule has 0 aliphatic heterocycles. The highest BCUT2D eigenvalue weighted by atomic mass is 16.5. The van der Waals surface area contributed by atoms with Crippen LogP contribution in [0.5, 0.6) is 11.8 Å². The molecule has 8 nitrogen and oxygen atoms in total. The fourth-order valence-electron chi connectivity index (χ4n) is 4.11. The molecule has 0 spiro atoms. The van der Waals surface area contributed by atoms with Crippen LogP contribution in [0.15, 0.2) is 66.7 Å². The number of nitrogens with zero attached hydrogens (tertiary/aromatic N) is 1. The fourth-order valence-corrected chi connectivity index (χ4v) is 4.11. The van der Waals surface area contributed by atoms with Crippen LogP contribution in [0.25, 0.3) is 0 Å². The maximum absolute atomic E-state index is 13.4. The minimum atomic E-state index is -1.34. The van der Waals surface area contributed by atoms with Gasteiger partial charge in [-0.15, -0.1) is 0 Å². The van der Waals surface area contributed by atoms with Crippen molar-refractivity contribution in [3.8, 4) is 11.8 Å². The number of carbonyl (C=O) groups excluding carboxylic acids is 1. The summed E-state index contributed by atoms with van der Waals surface area (Å²) in [4.78, 5) is 13.4. The van der Waals surface area contributed by atoms with Gasteiger partial charge in [-0.2, -0.15) is 0 Å². The van der Waals surface area contributed by atoms with Gasteiger partial charge in [0.1, 0.15) is 5.54 Å². The lowest BCUT2D eigenvalue weighted by molar-refractivity contribution is -0.130. The highest BCUT2D eigenvalue weighted by molar-refractivity contribution is 5.85. The Balaban J connectivity index is 2.13. The molecular formula is C23H28N4O4. The number of nitrogens with two attached hydrogens (primary N) is 1. The SMILES string of the molecule is CNC(=O)[C@@](Cc1ccccc1)(C[C@@H](CN)c1ccc(NO)cc1)n1c(O)ccc1O. The number of amides is 1. The molecule has 0 aliphatic carbocycles. The van der Waals surface area contributed by atoms with E-state index in [2.05, 4.69) is 10.8 Å². The molecule has 8 heteroatoms. The Hall–Kier alpha value is -3.49. The number of hydrogen-bond donors (Lipinski definition) is 6. The summed E-state index contributed by atoms with van der Waals surface area (Å²) in [6.45, 7) is 0.238. The van der Waals surface area contributed by atoms with Crippen molar-refractivity contribution in [1.82, 2.24) is 9.88 Å². The Labute approximate surface area is 180 Å². The molecule has 0 unspecified atom stereocenters. The molecular weight excluding hydrogens is 396 g/mol. The third-order valence-corrected chi connectivity index (χ3v) is 5.64. The smallest absolute Gasteiger partial charge is 0.246 e. The summed E-state index contributed by atoms with van der Waals surface area (Å²) in [5.74, 6) is -1.06. The van der Waals surface area contributed by atoms with Gasteiger partial charge in [0, 0.05) is 25.6 Å². The van der Waals surface area contributed by atoms with E-state index >= 15 is 0 Å². The van der Waals surface area contributed by atoms with Crippen molar-refractivity contribution >= 4 is 11.6 Å². The monoisotopic (exact) mass is 424 g/mol. The van der Waals surface area contributed by atoms with Gasteiger partial charge < -0.3 is 21.3 Å². The Morgan fingerprint density at radius 1 is 1.03 bits per heavy atom. The molecule has 0 radical (unpaired) electrons. The van der Waals surface area contributed by atoms with Gasteiger partial charge in [-0.3, -0.25) is 20.0 Å². The predicted molar refractivity (Wildman–Crippen MR) is 118 cm³/mol. The van der Waals surface area contributed by atoms with E-state index in [-0.39, 0.29) is 43.0 Å². The number of nitrogens with one attached hydrogen (secondary N) is 2. The van der Waals surface area contributed by atoms with Gasteiger partial charge in [0.25, 0.3) is 0 Å². The van der Waals surface area contributed by atoms with E-state index in [0.29, 0.717) is 5.69 Å². The summed E-state index contributed by atoms with van der Waals surface area (Å²) in [6, 6.07) is 19.2. The first kappa shape index (κ1) is 22.2. The number of carbonyl (C=O) groups is 1. The van der Waals surface area contributed by atoms with Gasteiger partial charge >= 0.3 is 0 Å². The summed E-state index contributed by atoms with van der Waals surface area (Å²) >= 11 is 0. The summed E-state index contributed by atoms with van der Waals surface area (Å²) in [6.07, 6.45) is 0.454. The van der Waals surface area contributed by atoms with Crippen LogP contribution in [0, 0.1) is 0 Å². The van der Waals surface area contributed by atoms with Crippen LogP contribution in [-0.4, -0.2) is 39.5 Å². The van der Waals surface area contributed by atoms with Crippen molar-refractivity contribution in [3.05, 3.63) is 77.9 Å². The highest BCUT2D eigenvalue weighted by Crippen LogP contribution is 2.40. The fraction of sp³-hybridized carbons (Fsp3) is 0.261. The molecule has 0 saturated heterocycles. The topological polar surface area (TPSA) is 133 Å². The zero-order chi connectivity index (χ0) is 22.4. The third-order valence-electron chi connectivity index (χ3n) is 5.64. The number of likely N-dealkylation sites (N-methyl/N-ethyl adjacent to an activating group) is 1. The van der Waals surface area contributed by atoms with E-state index in [4.69, 9.17) is 10.9 Å². The lowest BCUT2D eigenvalue weighted by Crippen LogP contribution is -2.50. The summed E-state index contributed by atoms with van der Waals surface area (Å²) in [5.41, 5.74) is 9.13. The predicted octanol–water partition coefficient (Wildman–Crippen LogP) is 2.52. The maximum Gasteiger partial charge on any atom is 0.246 e. The minimum absolute atomic E-state index is 0.215. The number of aromatic nitrogens is 1. The van der Waals surface area contributed by atoms with Crippen molar-refractivity contribution in [2.45, 2.75) is 24.3 Å². The van der Waals surface area contributed by atoms with Crippen molar-refractivity contribution < 1.29 is 20.2 Å². The molecule has 0 aliphatic rings. The third kappa shape index (κ3) is 4.50. The van der Waals surface area contributed by atoms with Gasteiger partial charge in [-0.25, -0.2) is 0 Å². The molecule has 2 aromatic carbocycles. The average Bonchev–Trinajstić information content (AvgIpc) is 3.15. The molecule has 1 amide bonds. The van der Waals surface area contributed by atoms with E-state index in [0.717, 1.165) is 11.1 Å². The van der Waals surface area contributed by atoms with E-state index in [1.54, 1.807) is 12.1 Å². The standard InChI is InChI=1S/C23H28N4O4/c1-25-22(30)23(13-16-5-3-2-4-6-16,27-20(28)11-12-21(27)29)14-18(15-24)17-7-9-19(26-31)10-8-17/h2-12,18,26,28-29,31H,13-15,24H2,1H3,(H,25,30)/t18-,23+/m0/s1. The van der Waals surface area contributed by atoms with E-state index < -0.39 is 5.54 Å². The molecule has 1 aromatic heterocycles. The van der Waals surface area contributed by atoms with Crippen LogP contribution in [-0.2, 0) is 16.8 Å². The van der Waals surface area contributed by atoms with Crippen LogP contribution in [0.1, 0.15) is 23.5 Å². The minimum Gasteiger partial charge on any atom is -0.494 e. The summed E-state index contributed by atoms with van der Waals surface area (Å²) in [7, 11) is 1.53. The normalized spacial score (nSPS) is 13.9. The first-order valence-corrected chi connectivity index (χ1v) is 10.0. The molecule has 0 fully saturated rings. The van der Waals surface area contributed by atoms with Gasteiger partial charge in [-0.1, -0.05) is 42.5 Å². The second kappa shape index (κ2) is 9.55. The van der Waals surface area contributed by atoms with Crippen LogP contribution in [0.3, 0.4) is 0 Å². The van der Waals surface area contributed by atoms with E-state index in [1.807, 2.05) is 42.5 Å². The van der Waals surface area contributed by atoms with Crippen LogP contribution < -0.4 is 16.5 Å². The van der Waals surface area contributed by atoms with Crippen LogP contribution >= 0.6 is 0 Å². The molecule has 1 heterocycles. The zero-order valence-electron chi connectivity index (χ0n) is 17.3. The summed E-state index contributed by atoms with van der Waals surface area (Å²) < 4.78 is 1.27. The van der Waals surface area contributed by atoms with E-state index in [1.165, 1.54) is 23.7 Å². The Kier molecular flexibility index (Phi) is 6.84. The van der Waals surface area contributed by atoms with E-state index in [9.17, 15) is 15.0 Å². The zero-order valence-corrected chi connectivity index (χ0v) is 17.3. The van der Waals surface area contributed by atoms with Crippen molar-refractivity contribution in [1.29, 1.82) is 0 Å². The van der Waals surface area contributed by atoms with Crippen molar-refractivity contribution in [2.75, 3.05) is 19.1 Å². The van der Waals surface area contributed by atoms with Crippen molar-refractivity contribution in [2.24, 2.45) is 5.73 Å². The van der Waals surface area contributed by atoms with Gasteiger partial charge in [-0.05, 0) is 42.1 Å². The Morgan fingerprint density at radius 3 is 2.16 bits per heavy atom. The number of aromatic hydroxyl groups is 2. The Bertz CT molecular complexity index is 985. The first-order valence-electron chi connectivity index (χ1n) is 10.0. The van der Waals surface area contributed by atoms with Crippen LogP contribution in [0.2, 0.25) is 0 Å². The first-order chi connectivity index (χ1) is 14.9. The molecule has 31 heavy (non-hydrogen) atoms. The molecule has 3 rings (SSSR count). The number of anilines is 1. The number of hydrogen-bond acceptors (Lipinski definition) is 6. The summed E-state index contributed by atoms with van der Waals surface area (Å²) in [5, 5.41) is 32.9. The second-order valence-corrected chi connectivity index (χ2v) is 7.53. The molecule has 164 valence electrons. The molecule has 0 bridgehead atoms. The lowest BCUT2D eigenvalue weighted by Gasteiger charge is -2.37. The molecule has 7 N–H and O–H groups in total. The molecule has 2 atom stereocenters. The van der Waals surface area contributed by atoms with Crippen molar-refractivity contribution in [3.63, 3.8) is 0 Å². The largest absolute Gasteiger partial charge is 0.494 e. The highest BCUT2D eigenvalue weighted by Gasteiger charge is 2.44. The van der Waals surface area contributed by atoms with Gasteiger partial charge in [0.05, 0.1) is 5.69 Å². The second-order valence-electron chi connectivity index (χ2n) is 7.53. The quantitative estimate of drug-likeness (QED) is 0.293. The van der Waals surface area contributed by atoms with Gasteiger partial charge in [0.15, 0.2) is 11.8 Å². The number of benzene rings is 2. The Morgan fingerprint density at radius 2 is 1.65 bits per heavy atom. The van der Waals surface area contributed by atoms with Gasteiger partial charge in [0.2, 0.25) is 5.91 Å². The molecule has 0 saturated carbocycles. The number of rotatable bonds is 9. The molecule has 3 aromatic rings. The lowest BCUT2D eigenvalue weighted by atomic mass is 9.78. The average molecular weight is 425 g/mol. The van der Waals surface area contributed by atoms with Crippen LogP contribution in [0.4, 0.5) is 5.69 Å². The maximum atomic E-state index is 13.4.